The fraction of sp³-hybridized carbons (Fsp3) is 0.421. The summed E-state index contributed by atoms with van der Waals surface area (Å²) in [7, 11) is 2.60. The number of ketones is 1. The molecule has 0 saturated heterocycles. The first-order valence-corrected chi connectivity index (χ1v) is 7.81. The van der Waals surface area contributed by atoms with Crippen LogP contribution in [0.4, 0.5) is 0 Å². The quantitative estimate of drug-likeness (QED) is 0.540. The first kappa shape index (κ1) is 19.6. The average Bonchev–Trinajstić information content (AvgIpc) is 2.59. The maximum absolute atomic E-state index is 12.1. The van der Waals surface area contributed by atoms with Crippen molar-refractivity contribution in [3.63, 3.8) is 0 Å². The normalized spacial score (nSPS) is 13.8. The molecule has 0 aromatic heterocycles. The first-order valence-electron chi connectivity index (χ1n) is 7.81. The number of benzene rings is 1. The van der Waals surface area contributed by atoms with Crippen LogP contribution in [-0.4, -0.2) is 31.9 Å². The van der Waals surface area contributed by atoms with E-state index in [4.69, 9.17) is 9.47 Å². The first-order chi connectivity index (χ1) is 11.4. The molecule has 0 radical (unpaired) electrons. The molecule has 24 heavy (non-hydrogen) atoms. The number of carbonyl (C=O) groups excluding carboxylic acids is 3. The largest absolute Gasteiger partial charge is 0.469 e. The highest BCUT2D eigenvalue weighted by Gasteiger charge is 2.27. The summed E-state index contributed by atoms with van der Waals surface area (Å²) in [5, 5.41) is 0. The van der Waals surface area contributed by atoms with E-state index in [9.17, 15) is 14.4 Å². The summed E-state index contributed by atoms with van der Waals surface area (Å²) in [6.07, 6.45) is 2.18. The lowest BCUT2D eigenvalue weighted by Crippen LogP contribution is -2.23. The van der Waals surface area contributed by atoms with E-state index in [1.807, 2.05) is 30.3 Å². The van der Waals surface area contributed by atoms with E-state index in [1.54, 1.807) is 13.0 Å². The number of Topliss-reactive ketones (excluding diaryl/α,β-unsaturated/α-hetero) is 1. The lowest BCUT2D eigenvalue weighted by atomic mass is 9.88. The van der Waals surface area contributed by atoms with Gasteiger partial charge in [-0.15, -0.1) is 0 Å². The van der Waals surface area contributed by atoms with E-state index in [-0.39, 0.29) is 18.1 Å². The van der Waals surface area contributed by atoms with Crippen molar-refractivity contribution in [1.29, 1.82) is 0 Å². The number of carbonyl (C=O) groups is 3. The van der Waals surface area contributed by atoms with Crippen molar-refractivity contribution in [3.05, 3.63) is 41.5 Å². The fourth-order valence-corrected chi connectivity index (χ4v) is 2.37. The molecule has 130 valence electrons. The summed E-state index contributed by atoms with van der Waals surface area (Å²) in [5.41, 5.74) is 1.20. The molecule has 5 nitrogen and oxygen atoms in total. The fourth-order valence-electron chi connectivity index (χ4n) is 2.37. The highest BCUT2D eigenvalue weighted by molar-refractivity contribution is 5.94. The Morgan fingerprint density at radius 2 is 1.71 bits per heavy atom. The van der Waals surface area contributed by atoms with Gasteiger partial charge in [-0.1, -0.05) is 37.3 Å². The van der Waals surface area contributed by atoms with Crippen LogP contribution in [0.1, 0.15) is 32.3 Å². The molecule has 0 aliphatic heterocycles. The topological polar surface area (TPSA) is 69.7 Å². The van der Waals surface area contributed by atoms with Crippen molar-refractivity contribution in [3.8, 4) is 0 Å². The van der Waals surface area contributed by atoms with Crippen molar-refractivity contribution in [2.45, 2.75) is 26.7 Å². The van der Waals surface area contributed by atoms with Gasteiger partial charge < -0.3 is 9.47 Å². The van der Waals surface area contributed by atoms with Crippen LogP contribution in [0.15, 0.2) is 35.9 Å². The number of hydrogen-bond donors (Lipinski definition) is 0. The predicted molar refractivity (Wildman–Crippen MR) is 91.0 cm³/mol. The molecule has 0 bridgehead atoms. The van der Waals surface area contributed by atoms with Crippen LogP contribution in [0.25, 0.3) is 6.08 Å². The molecule has 1 aromatic rings. The molecule has 0 fully saturated rings. The van der Waals surface area contributed by atoms with Gasteiger partial charge in [-0.3, -0.25) is 9.59 Å². The molecular formula is C19H24O5. The number of methoxy groups -OCH3 is 2. The van der Waals surface area contributed by atoms with E-state index < -0.39 is 17.9 Å². The lowest BCUT2D eigenvalue weighted by Gasteiger charge is -2.18. The molecule has 0 aliphatic rings. The van der Waals surface area contributed by atoms with Crippen molar-refractivity contribution >= 4 is 23.8 Å². The van der Waals surface area contributed by atoms with Gasteiger partial charge in [0, 0.05) is 11.5 Å². The van der Waals surface area contributed by atoms with Crippen LogP contribution in [0.2, 0.25) is 0 Å². The van der Waals surface area contributed by atoms with Gasteiger partial charge in [-0.25, -0.2) is 4.79 Å². The van der Waals surface area contributed by atoms with Gasteiger partial charge in [0.1, 0.15) is 5.78 Å². The third-order valence-electron chi connectivity index (χ3n) is 3.92. The number of ether oxygens (including phenoxy) is 2. The maximum atomic E-state index is 12.1. The summed E-state index contributed by atoms with van der Waals surface area (Å²) >= 11 is 0. The van der Waals surface area contributed by atoms with Gasteiger partial charge in [0.05, 0.1) is 20.1 Å². The van der Waals surface area contributed by atoms with Crippen molar-refractivity contribution in [2.75, 3.05) is 14.2 Å². The average molecular weight is 332 g/mol. The Kier molecular flexibility index (Phi) is 7.89. The monoisotopic (exact) mass is 332 g/mol. The lowest BCUT2D eigenvalue weighted by molar-refractivity contribution is -0.146. The summed E-state index contributed by atoms with van der Waals surface area (Å²) < 4.78 is 9.65. The summed E-state index contributed by atoms with van der Waals surface area (Å²) in [6, 6.07) is 9.30. The van der Waals surface area contributed by atoms with Crippen molar-refractivity contribution < 1.29 is 23.9 Å². The van der Waals surface area contributed by atoms with E-state index in [0.29, 0.717) is 12.0 Å². The standard InChI is InChI=1S/C19H24O5/c1-13(14(2)20)10-16(18(21)23-3)12-17(19(22)24-4)11-15-8-6-5-7-9-15/h5-9,11,13,16H,10,12H2,1-4H3/b17-11+. The van der Waals surface area contributed by atoms with E-state index in [2.05, 4.69) is 0 Å². The number of esters is 2. The summed E-state index contributed by atoms with van der Waals surface area (Å²) in [6.45, 7) is 3.25. The maximum Gasteiger partial charge on any atom is 0.333 e. The van der Waals surface area contributed by atoms with E-state index in [0.717, 1.165) is 5.56 Å². The third kappa shape index (κ3) is 5.99. The van der Waals surface area contributed by atoms with Crippen molar-refractivity contribution in [1.82, 2.24) is 0 Å². The van der Waals surface area contributed by atoms with Crippen LogP contribution < -0.4 is 0 Å². The Morgan fingerprint density at radius 1 is 1.08 bits per heavy atom. The van der Waals surface area contributed by atoms with Gasteiger partial charge in [-0.05, 0) is 31.4 Å². The van der Waals surface area contributed by atoms with Gasteiger partial charge in [0.2, 0.25) is 0 Å². The number of hydrogen-bond acceptors (Lipinski definition) is 5. The van der Waals surface area contributed by atoms with Crippen LogP contribution in [0.5, 0.6) is 0 Å². The van der Waals surface area contributed by atoms with E-state index >= 15 is 0 Å². The summed E-state index contributed by atoms with van der Waals surface area (Å²) in [4.78, 5) is 35.6. The molecular weight excluding hydrogens is 308 g/mol. The van der Waals surface area contributed by atoms with Crippen LogP contribution >= 0.6 is 0 Å². The molecule has 0 spiro atoms. The molecule has 0 amide bonds. The molecule has 0 heterocycles. The molecule has 1 aromatic carbocycles. The molecule has 5 heteroatoms. The second-order valence-corrected chi connectivity index (χ2v) is 5.74. The second kappa shape index (κ2) is 9.65. The van der Waals surface area contributed by atoms with Crippen molar-refractivity contribution in [2.24, 2.45) is 11.8 Å². The molecule has 0 saturated carbocycles. The predicted octanol–water partition coefficient (Wildman–Crippen LogP) is 3.04. The minimum atomic E-state index is -0.581. The highest BCUT2D eigenvalue weighted by atomic mass is 16.5. The third-order valence-corrected chi connectivity index (χ3v) is 3.92. The van der Waals surface area contributed by atoms with Crippen LogP contribution in [0.3, 0.4) is 0 Å². The SMILES string of the molecule is COC(=O)/C(=C/c1ccccc1)CC(CC(C)C(C)=O)C(=O)OC. The van der Waals surface area contributed by atoms with Gasteiger partial charge in [-0.2, -0.15) is 0 Å². The minimum absolute atomic E-state index is 0.00411. The Hall–Kier alpha value is -2.43. The zero-order chi connectivity index (χ0) is 18.1. The van der Waals surface area contributed by atoms with Gasteiger partial charge in [0.15, 0.2) is 0 Å². The van der Waals surface area contributed by atoms with Gasteiger partial charge >= 0.3 is 11.9 Å². The Labute approximate surface area is 142 Å². The molecule has 1 rings (SSSR count). The van der Waals surface area contributed by atoms with Gasteiger partial charge in [0.25, 0.3) is 0 Å². The minimum Gasteiger partial charge on any atom is -0.469 e. The Morgan fingerprint density at radius 3 is 2.21 bits per heavy atom. The molecule has 2 atom stereocenters. The summed E-state index contributed by atoms with van der Waals surface area (Å²) in [5.74, 6) is -1.81. The molecule has 0 N–H and O–H groups in total. The smallest absolute Gasteiger partial charge is 0.333 e. The Balaban J connectivity index is 3.07. The second-order valence-electron chi connectivity index (χ2n) is 5.74. The van der Waals surface area contributed by atoms with Crippen LogP contribution in [0, 0.1) is 11.8 Å². The zero-order valence-electron chi connectivity index (χ0n) is 14.6. The highest BCUT2D eigenvalue weighted by Crippen LogP contribution is 2.24. The number of rotatable bonds is 8. The Bertz CT molecular complexity index is 603. The molecule has 2 unspecified atom stereocenters. The van der Waals surface area contributed by atoms with Crippen LogP contribution in [-0.2, 0) is 23.9 Å². The zero-order valence-corrected chi connectivity index (χ0v) is 14.6. The molecule has 0 aliphatic carbocycles. The van der Waals surface area contributed by atoms with E-state index in [1.165, 1.54) is 21.1 Å².